The van der Waals surface area contributed by atoms with Crippen molar-refractivity contribution in [3.63, 3.8) is 0 Å². The lowest BCUT2D eigenvalue weighted by atomic mass is 10.1. The number of Topliss-reactive ketones (excluding diaryl/α,β-unsaturated/α-hetero) is 1. The van der Waals surface area contributed by atoms with E-state index in [0.29, 0.717) is 50.6 Å². The minimum atomic E-state index is -0.0265. The van der Waals surface area contributed by atoms with Crippen LogP contribution in [0.2, 0.25) is 0 Å². The van der Waals surface area contributed by atoms with Crippen LogP contribution in [0.3, 0.4) is 0 Å². The van der Waals surface area contributed by atoms with Crippen LogP contribution in [-0.4, -0.2) is 52.7 Å². The van der Waals surface area contributed by atoms with Crippen LogP contribution in [-0.2, 0) is 22.6 Å². The molecule has 2 aliphatic rings. The quantitative estimate of drug-likeness (QED) is 0.861. The SMILES string of the molecule is CCc1cc2ccc(CN3CCN(CC4CCC(=O)C4)C(=O)C3)cc2[nH]c1=O. The van der Waals surface area contributed by atoms with Crippen LogP contribution in [0.5, 0.6) is 0 Å². The Morgan fingerprint density at radius 3 is 2.71 bits per heavy atom. The molecule has 1 saturated carbocycles. The average molecular weight is 381 g/mol. The van der Waals surface area contributed by atoms with E-state index in [4.69, 9.17) is 0 Å². The third-order valence-corrected chi connectivity index (χ3v) is 6.00. The fourth-order valence-corrected chi connectivity index (χ4v) is 4.36. The van der Waals surface area contributed by atoms with Crippen LogP contribution in [0.25, 0.3) is 10.9 Å². The predicted octanol–water partition coefficient (Wildman–Crippen LogP) is 2.10. The Kier molecular flexibility index (Phi) is 5.31. The van der Waals surface area contributed by atoms with Gasteiger partial charge in [0, 0.05) is 50.1 Å². The highest BCUT2D eigenvalue weighted by Gasteiger charge is 2.29. The lowest BCUT2D eigenvalue weighted by Crippen LogP contribution is -2.51. The summed E-state index contributed by atoms with van der Waals surface area (Å²) in [5.41, 5.74) is 2.71. The number of hydrogen-bond donors (Lipinski definition) is 1. The van der Waals surface area contributed by atoms with Crippen molar-refractivity contribution in [3.8, 4) is 0 Å². The van der Waals surface area contributed by atoms with Gasteiger partial charge in [-0.2, -0.15) is 0 Å². The second-order valence-corrected chi connectivity index (χ2v) is 8.10. The van der Waals surface area contributed by atoms with Crippen molar-refractivity contribution in [1.29, 1.82) is 0 Å². The molecule has 1 aromatic carbocycles. The van der Waals surface area contributed by atoms with Gasteiger partial charge in [0.1, 0.15) is 5.78 Å². The summed E-state index contributed by atoms with van der Waals surface area (Å²) in [4.78, 5) is 43.1. The van der Waals surface area contributed by atoms with E-state index in [0.717, 1.165) is 41.5 Å². The normalized spacial score (nSPS) is 21.0. The molecule has 1 aliphatic heterocycles. The first kappa shape index (κ1) is 18.9. The largest absolute Gasteiger partial charge is 0.340 e. The fourth-order valence-electron chi connectivity index (χ4n) is 4.36. The molecule has 0 radical (unpaired) electrons. The van der Waals surface area contributed by atoms with Gasteiger partial charge in [0.15, 0.2) is 0 Å². The molecule has 6 heteroatoms. The van der Waals surface area contributed by atoms with Gasteiger partial charge in [0.05, 0.1) is 6.54 Å². The predicted molar refractivity (Wildman–Crippen MR) is 108 cm³/mol. The van der Waals surface area contributed by atoms with Crippen molar-refractivity contribution in [2.24, 2.45) is 5.92 Å². The molecule has 2 fully saturated rings. The highest BCUT2D eigenvalue weighted by atomic mass is 16.2. The smallest absolute Gasteiger partial charge is 0.251 e. The maximum absolute atomic E-state index is 12.5. The molecule has 6 nitrogen and oxygen atoms in total. The Bertz CT molecular complexity index is 965. The highest BCUT2D eigenvalue weighted by molar-refractivity contribution is 5.82. The number of amides is 1. The number of aryl methyl sites for hydroxylation is 1. The van der Waals surface area contributed by atoms with E-state index in [1.54, 1.807) is 0 Å². The van der Waals surface area contributed by atoms with E-state index in [1.807, 2.05) is 30.0 Å². The van der Waals surface area contributed by atoms with Crippen molar-refractivity contribution < 1.29 is 9.59 Å². The summed E-state index contributed by atoms with van der Waals surface area (Å²) in [5.74, 6) is 0.817. The topological polar surface area (TPSA) is 73.5 Å². The molecular formula is C22H27N3O3. The highest BCUT2D eigenvalue weighted by Crippen LogP contribution is 2.24. The molecule has 0 spiro atoms. The monoisotopic (exact) mass is 381 g/mol. The number of aromatic nitrogens is 1. The van der Waals surface area contributed by atoms with Crippen molar-refractivity contribution in [2.75, 3.05) is 26.2 Å². The summed E-state index contributed by atoms with van der Waals surface area (Å²) < 4.78 is 0. The molecule has 148 valence electrons. The summed E-state index contributed by atoms with van der Waals surface area (Å²) in [5, 5.41) is 1.03. The third kappa shape index (κ3) is 4.02. The van der Waals surface area contributed by atoms with Crippen molar-refractivity contribution in [2.45, 2.75) is 39.2 Å². The summed E-state index contributed by atoms with van der Waals surface area (Å²) in [6, 6.07) is 8.07. The maximum Gasteiger partial charge on any atom is 0.251 e. The zero-order valence-electron chi connectivity index (χ0n) is 16.4. The van der Waals surface area contributed by atoms with Crippen molar-refractivity contribution >= 4 is 22.6 Å². The van der Waals surface area contributed by atoms with Crippen LogP contribution >= 0.6 is 0 Å². The second-order valence-electron chi connectivity index (χ2n) is 8.10. The number of fused-ring (bicyclic) bond motifs is 1. The zero-order chi connectivity index (χ0) is 19.7. The van der Waals surface area contributed by atoms with E-state index in [1.165, 1.54) is 0 Å². The first-order valence-corrected chi connectivity index (χ1v) is 10.2. The summed E-state index contributed by atoms with van der Waals surface area (Å²) in [6.45, 7) is 5.34. The lowest BCUT2D eigenvalue weighted by Gasteiger charge is -2.35. The Labute approximate surface area is 164 Å². The van der Waals surface area contributed by atoms with Crippen LogP contribution in [0.4, 0.5) is 0 Å². The van der Waals surface area contributed by atoms with Gasteiger partial charge >= 0.3 is 0 Å². The number of ketones is 1. The van der Waals surface area contributed by atoms with E-state index < -0.39 is 0 Å². The molecule has 2 aromatic rings. The minimum Gasteiger partial charge on any atom is -0.340 e. The van der Waals surface area contributed by atoms with E-state index in [2.05, 4.69) is 16.0 Å². The van der Waals surface area contributed by atoms with E-state index in [-0.39, 0.29) is 11.5 Å². The van der Waals surface area contributed by atoms with Crippen LogP contribution in [0, 0.1) is 5.92 Å². The number of rotatable bonds is 5. The molecule has 0 bridgehead atoms. The van der Waals surface area contributed by atoms with Crippen molar-refractivity contribution in [1.82, 2.24) is 14.8 Å². The minimum absolute atomic E-state index is 0.0265. The molecule has 2 heterocycles. The fraction of sp³-hybridized carbons (Fsp3) is 0.500. The van der Waals surface area contributed by atoms with Gasteiger partial charge in [0.25, 0.3) is 5.56 Å². The molecule has 1 atom stereocenters. The summed E-state index contributed by atoms with van der Waals surface area (Å²) in [7, 11) is 0. The van der Waals surface area contributed by atoms with Gasteiger partial charge in [-0.05, 0) is 41.8 Å². The Hall–Kier alpha value is -2.47. The summed E-state index contributed by atoms with van der Waals surface area (Å²) in [6.07, 6.45) is 2.93. The molecule has 28 heavy (non-hydrogen) atoms. The first-order valence-electron chi connectivity index (χ1n) is 10.2. The number of piperazine rings is 1. The first-order chi connectivity index (χ1) is 13.5. The number of benzene rings is 1. The number of aromatic amines is 1. The number of H-pyrrole nitrogens is 1. The number of carbonyl (C=O) groups excluding carboxylic acids is 2. The summed E-state index contributed by atoms with van der Waals surface area (Å²) >= 11 is 0. The van der Waals surface area contributed by atoms with Gasteiger partial charge in [-0.25, -0.2) is 0 Å². The number of nitrogens with one attached hydrogen (secondary N) is 1. The Balaban J connectivity index is 1.39. The standard InChI is InChI=1S/C22H27N3O3/c1-2-17-11-18-5-3-16(10-20(18)23-22(17)28)12-24-7-8-25(21(27)14-24)13-15-4-6-19(26)9-15/h3,5,10-11,15H,2,4,6-9,12-14H2,1H3,(H,23,28). The van der Waals surface area contributed by atoms with Crippen LogP contribution in [0.1, 0.15) is 37.3 Å². The van der Waals surface area contributed by atoms with Gasteiger partial charge in [0.2, 0.25) is 5.91 Å². The molecule has 1 aromatic heterocycles. The Morgan fingerprint density at radius 2 is 2.00 bits per heavy atom. The average Bonchev–Trinajstić information content (AvgIpc) is 3.08. The second kappa shape index (κ2) is 7.87. The maximum atomic E-state index is 12.5. The molecule has 1 unspecified atom stereocenters. The zero-order valence-corrected chi connectivity index (χ0v) is 16.4. The van der Waals surface area contributed by atoms with Crippen molar-refractivity contribution in [3.05, 3.63) is 45.7 Å². The number of pyridine rings is 1. The lowest BCUT2D eigenvalue weighted by molar-refractivity contribution is -0.137. The third-order valence-electron chi connectivity index (χ3n) is 6.00. The number of carbonyl (C=O) groups is 2. The van der Waals surface area contributed by atoms with E-state index >= 15 is 0 Å². The van der Waals surface area contributed by atoms with Gasteiger partial charge < -0.3 is 9.88 Å². The number of nitrogens with zero attached hydrogens (tertiary/aromatic N) is 2. The molecule has 4 rings (SSSR count). The molecule has 1 saturated heterocycles. The number of hydrogen-bond acceptors (Lipinski definition) is 4. The molecular weight excluding hydrogens is 354 g/mol. The Morgan fingerprint density at radius 1 is 1.14 bits per heavy atom. The van der Waals surface area contributed by atoms with Crippen LogP contribution < -0.4 is 5.56 Å². The van der Waals surface area contributed by atoms with E-state index in [9.17, 15) is 14.4 Å². The molecule has 1 aliphatic carbocycles. The molecule has 1 amide bonds. The van der Waals surface area contributed by atoms with Gasteiger partial charge in [-0.1, -0.05) is 19.1 Å². The van der Waals surface area contributed by atoms with Crippen LogP contribution in [0.15, 0.2) is 29.1 Å². The van der Waals surface area contributed by atoms with Gasteiger partial charge in [-0.15, -0.1) is 0 Å². The molecule has 1 N–H and O–H groups in total. The van der Waals surface area contributed by atoms with Gasteiger partial charge in [-0.3, -0.25) is 19.3 Å².